The Morgan fingerprint density at radius 1 is 0.221 bits per heavy atom. The molecule has 0 bridgehead atoms. The van der Waals surface area contributed by atoms with Gasteiger partial charge in [0.15, 0.2) is 58.7 Å². The Morgan fingerprint density at radius 2 is 0.360 bits per heavy atom. The van der Waals surface area contributed by atoms with E-state index in [9.17, 15) is 35.4 Å². The van der Waals surface area contributed by atoms with E-state index in [1.807, 2.05) is 140 Å². The van der Waals surface area contributed by atoms with Crippen LogP contribution in [-0.4, -0.2) is 36.6 Å². The summed E-state index contributed by atoms with van der Waals surface area (Å²) < 4.78 is 5.12. The van der Waals surface area contributed by atoms with Gasteiger partial charge in [-0.05, 0) is 231 Å². The van der Waals surface area contributed by atoms with Crippen molar-refractivity contribution in [3.8, 4) is 40.2 Å². The van der Waals surface area contributed by atoms with Gasteiger partial charge in [-0.15, -0.1) is 0 Å². The van der Waals surface area contributed by atoms with E-state index in [1.54, 1.807) is 72.8 Å². The summed E-state index contributed by atoms with van der Waals surface area (Å²) >= 11 is 0. The summed E-state index contributed by atoms with van der Waals surface area (Å²) in [7, 11) is -0.936. The minimum atomic E-state index is -0.373. The Balaban J connectivity index is 0.000000137. The Hall–Kier alpha value is -9.69. The quantitative estimate of drug-likeness (QED) is 0.0380. The Labute approximate surface area is 513 Å². The first-order valence-corrected chi connectivity index (χ1v) is 32.1. The number of carbonyl (C=O) groups is 1. The second kappa shape index (κ2) is 30.7. The van der Waals surface area contributed by atoms with Gasteiger partial charge in [-0.25, -0.2) is 0 Å². The van der Waals surface area contributed by atoms with E-state index in [0.29, 0.717) is 11.5 Å². The second-order valence-electron chi connectivity index (χ2n) is 18.8. The topological polar surface area (TPSA) is 148 Å². The molecule has 0 unspecified atom stereocenters. The monoisotopic (exact) mass is 1210 g/mol. The normalized spacial score (nSPS) is 10.7. The maximum Gasteiger partial charge on any atom is 0.308 e. The summed E-state index contributed by atoms with van der Waals surface area (Å²) in [4.78, 5) is 25.2. The number of hydrogen-bond donors (Lipinski definition) is 6. The smallest absolute Gasteiger partial charge is 0.308 e. The van der Waals surface area contributed by atoms with Crippen molar-refractivity contribution in [1.82, 2.24) is 0 Å². The SMILES string of the molecule is CC(=O)Oc1ccc([S+](c2ccccc2)c2ccccc2)cc1.Oc1ccc([S+](c2ccc(O)cc2)c2ccc(O)cc2)cc1.Oc1ccc([S+](c2ccccc2)c2ccc(O)cc2)cc1.Oc1ccc([S+](c2ccccc2)c2ccccc2)cc1. The van der Waals surface area contributed by atoms with Crippen LogP contribution >= 0.6 is 0 Å². The fourth-order valence-electron chi connectivity index (χ4n) is 8.72. The number of esters is 1. The Morgan fingerprint density at radius 3 is 0.512 bits per heavy atom. The number of phenols is 6. The van der Waals surface area contributed by atoms with E-state index in [1.165, 1.54) is 41.2 Å². The van der Waals surface area contributed by atoms with Crippen molar-refractivity contribution in [2.45, 2.75) is 65.7 Å². The highest BCUT2D eigenvalue weighted by atomic mass is 32.2. The number of phenolic OH excluding ortho intramolecular Hbond substituents is 6. The lowest BCUT2D eigenvalue weighted by molar-refractivity contribution is -0.131. The van der Waals surface area contributed by atoms with Gasteiger partial charge in [0.25, 0.3) is 0 Å². The van der Waals surface area contributed by atoms with Gasteiger partial charge in [-0.2, -0.15) is 0 Å². The van der Waals surface area contributed by atoms with Crippen molar-refractivity contribution in [2.75, 3.05) is 0 Å². The zero-order valence-electron chi connectivity index (χ0n) is 46.7. The van der Waals surface area contributed by atoms with E-state index in [-0.39, 0.29) is 78.3 Å². The van der Waals surface area contributed by atoms with Crippen molar-refractivity contribution in [2.24, 2.45) is 0 Å². The summed E-state index contributed by atoms with van der Waals surface area (Å²) in [5, 5.41) is 56.9. The van der Waals surface area contributed by atoms with Gasteiger partial charge >= 0.3 is 5.97 Å². The highest BCUT2D eigenvalue weighted by molar-refractivity contribution is 7.98. The summed E-state index contributed by atoms with van der Waals surface area (Å²) in [6, 6.07) is 103. The van der Waals surface area contributed by atoms with Gasteiger partial charge < -0.3 is 35.4 Å². The van der Waals surface area contributed by atoms with Crippen molar-refractivity contribution in [3.05, 3.63) is 322 Å². The third kappa shape index (κ3) is 17.2. The molecule has 0 aromatic heterocycles. The second-order valence-corrected chi connectivity index (χ2v) is 26.9. The molecule has 0 saturated heterocycles. The summed E-state index contributed by atoms with van der Waals surface area (Å²) in [5.74, 6) is 1.78. The van der Waals surface area contributed by atoms with Gasteiger partial charge in [-0.1, -0.05) is 91.0 Å². The largest absolute Gasteiger partial charge is 0.508 e. The lowest BCUT2D eigenvalue weighted by Crippen LogP contribution is -2.05. The van der Waals surface area contributed by atoms with Crippen LogP contribution in [0.3, 0.4) is 0 Å². The van der Waals surface area contributed by atoms with Gasteiger partial charge in [-0.3, -0.25) is 4.79 Å². The Kier molecular flexibility index (Phi) is 21.8. The lowest BCUT2D eigenvalue weighted by atomic mass is 10.3. The number of carbonyl (C=O) groups excluding carboxylic acids is 1. The molecular weight excluding hydrogens is 1150 g/mol. The fourth-order valence-corrected chi connectivity index (χ4v) is 17.0. The average Bonchev–Trinajstić information content (AvgIpc) is 2.42. The molecule has 0 radical (unpaired) electrons. The van der Waals surface area contributed by atoms with E-state index in [4.69, 9.17) is 4.74 Å². The van der Waals surface area contributed by atoms with Gasteiger partial charge in [0.1, 0.15) is 40.2 Å². The number of hydrogen-bond acceptors (Lipinski definition) is 8. The molecule has 0 aliphatic rings. The Bertz CT molecular complexity index is 3710. The van der Waals surface area contributed by atoms with Crippen LogP contribution in [0.15, 0.2) is 380 Å². The summed E-state index contributed by atoms with van der Waals surface area (Å²) in [6.07, 6.45) is 0. The highest BCUT2D eigenvalue weighted by Crippen LogP contribution is 2.37. The summed E-state index contributed by atoms with van der Waals surface area (Å²) in [6.45, 7) is 1.41. The van der Waals surface area contributed by atoms with Crippen LogP contribution in [0.1, 0.15) is 6.92 Å². The third-order valence-electron chi connectivity index (χ3n) is 12.7. The van der Waals surface area contributed by atoms with Crippen LogP contribution in [-0.2, 0) is 48.4 Å². The van der Waals surface area contributed by atoms with Crippen molar-refractivity contribution < 1.29 is 40.2 Å². The number of rotatable bonds is 13. The first-order chi connectivity index (χ1) is 41.9. The molecule has 12 aromatic carbocycles. The van der Waals surface area contributed by atoms with E-state index < -0.39 is 0 Å². The molecule has 0 spiro atoms. The molecule has 0 amide bonds. The first kappa shape index (κ1) is 60.9. The maximum absolute atomic E-state index is 11.1. The maximum atomic E-state index is 11.1. The molecule has 12 aromatic rings. The molecule has 0 atom stereocenters. The molecule has 6 N–H and O–H groups in total. The van der Waals surface area contributed by atoms with Gasteiger partial charge in [0.2, 0.25) is 0 Å². The van der Waals surface area contributed by atoms with Crippen LogP contribution in [0, 0.1) is 0 Å². The molecule has 426 valence electrons. The third-order valence-corrected chi connectivity index (χ3v) is 21.6. The molecule has 0 aliphatic heterocycles. The van der Waals surface area contributed by atoms with Crippen LogP contribution in [0.2, 0.25) is 0 Å². The molecule has 8 nitrogen and oxygen atoms in total. The average molecular weight is 1210 g/mol. The van der Waals surface area contributed by atoms with Crippen LogP contribution in [0.5, 0.6) is 40.2 Å². The van der Waals surface area contributed by atoms with Crippen LogP contribution in [0.25, 0.3) is 0 Å². The molecule has 0 fully saturated rings. The van der Waals surface area contributed by atoms with Crippen LogP contribution < -0.4 is 4.74 Å². The molecule has 0 heterocycles. The van der Waals surface area contributed by atoms with Gasteiger partial charge in [0.05, 0.1) is 43.6 Å². The fraction of sp³-hybridized carbons (Fsp3) is 0.0135. The summed E-state index contributed by atoms with van der Waals surface area (Å²) in [5.41, 5.74) is 0. The number of benzene rings is 12. The predicted octanol–water partition coefficient (Wildman–Crippen LogP) is 17.3. The standard InChI is InChI=1S/C20H17O2S.C18H14O3S.C18H14O2S.C18H14OS/c1-16(21)22-17-12-14-20(15-13-17)23(18-8-4-2-5-9-18)19-10-6-3-7-11-19;19-13-1-7-16(8-2-13)22(17-9-3-14(20)4-10-17)18-11-5-15(21)6-12-18;19-14-6-10-17(11-7-14)21(16-4-2-1-3-5-16)18-12-8-15(20)9-13-18;19-15-11-13-18(14-12-15)20(16-7-3-1-4-8-16)17-9-5-2-6-10-17/h2-15H,1H3;1-12H,(H2-,19,20,21);1-13H,(H-,19,20);1-14H/q+1;;;/p+3. The molecule has 12 heteroatoms. The highest BCUT2D eigenvalue weighted by Gasteiger charge is 2.32. The van der Waals surface area contributed by atoms with Gasteiger partial charge in [0, 0.05) is 6.92 Å². The molecule has 0 saturated carbocycles. The van der Waals surface area contributed by atoms with E-state index in [0.717, 1.165) is 24.5 Å². The zero-order valence-corrected chi connectivity index (χ0v) is 50.0. The zero-order chi connectivity index (χ0) is 60.0. The minimum Gasteiger partial charge on any atom is -0.508 e. The van der Waals surface area contributed by atoms with Crippen molar-refractivity contribution in [1.29, 1.82) is 0 Å². The van der Waals surface area contributed by atoms with E-state index in [2.05, 4.69) is 109 Å². The minimum absolute atomic E-state index is 0.134. The molecule has 0 aliphatic carbocycles. The number of aromatic hydroxyl groups is 6. The molecule has 12 rings (SSSR count). The van der Waals surface area contributed by atoms with Crippen molar-refractivity contribution in [3.63, 3.8) is 0 Å². The van der Waals surface area contributed by atoms with Crippen molar-refractivity contribution >= 4 is 49.5 Å². The molecule has 86 heavy (non-hydrogen) atoms. The van der Waals surface area contributed by atoms with E-state index >= 15 is 0 Å². The molecular formula is C74H62O8S4+4. The first-order valence-electron chi connectivity index (χ1n) is 27.2. The number of ether oxygens (including phenoxy) is 1. The predicted molar refractivity (Wildman–Crippen MR) is 347 cm³/mol. The lowest BCUT2D eigenvalue weighted by Gasteiger charge is -2.08. The van der Waals surface area contributed by atoms with Crippen LogP contribution in [0.4, 0.5) is 0 Å².